The Hall–Kier alpha value is -3.08. The molecule has 2 aromatic rings. The van der Waals surface area contributed by atoms with Gasteiger partial charge in [0.2, 0.25) is 11.7 Å². The molecule has 0 unspecified atom stereocenters. The zero-order valence-corrected chi connectivity index (χ0v) is 18.7. The van der Waals surface area contributed by atoms with Gasteiger partial charge in [-0.15, -0.1) is 0 Å². The van der Waals surface area contributed by atoms with E-state index in [1.54, 1.807) is 18.2 Å². The van der Waals surface area contributed by atoms with Crippen LogP contribution in [-0.2, 0) is 23.8 Å². The maximum atomic E-state index is 12.9. The van der Waals surface area contributed by atoms with Crippen molar-refractivity contribution in [3.8, 4) is 11.5 Å². The van der Waals surface area contributed by atoms with E-state index in [0.717, 1.165) is 15.5 Å². The zero-order chi connectivity index (χ0) is 23.0. The predicted octanol–water partition coefficient (Wildman–Crippen LogP) is 2.19. The highest BCUT2D eigenvalue weighted by Crippen LogP contribution is 2.47. The standard InChI is InChI=1S/C23H22N2O7S/c1-29-22(28)20-23(30-10-11-31-23)8-9-25(20)19(26)13-24-21(27)14-6-7-16-18(12-14)33-17-5-3-2-4-15(17)32-16/h2-7,12,20H,8-11,13H2,1H3,(H,24,27)/t20-/m1/s1. The summed E-state index contributed by atoms with van der Waals surface area (Å²) in [5, 5.41) is 2.64. The van der Waals surface area contributed by atoms with Crippen molar-refractivity contribution in [2.75, 3.05) is 33.4 Å². The van der Waals surface area contributed by atoms with Crippen LogP contribution in [0.25, 0.3) is 0 Å². The van der Waals surface area contributed by atoms with E-state index in [0.29, 0.717) is 30.9 Å². The number of rotatable bonds is 4. The summed E-state index contributed by atoms with van der Waals surface area (Å²) in [7, 11) is 1.25. The number of benzene rings is 2. The molecule has 0 radical (unpaired) electrons. The molecule has 3 aliphatic heterocycles. The molecule has 0 aliphatic carbocycles. The van der Waals surface area contributed by atoms with Gasteiger partial charge in [0.1, 0.15) is 11.5 Å². The van der Waals surface area contributed by atoms with Crippen molar-refractivity contribution in [2.24, 2.45) is 0 Å². The number of nitrogens with one attached hydrogen (secondary N) is 1. The summed E-state index contributed by atoms with van der Waals surface area (Å²) in [6, 6.07) is 11.8. The van der Waals surface area contributed by atoms with Gasteiger partial charge in [0.25, 0.3) is 5.91 Å². The van der Waals surface area contributed by atoms with Crippen LogP contribution in [-0.4, -0.2) is 67.9 Å². The molecule has 33 heavy (non-hydrogen) atoms. The molecule has 10 heteroatoms. The van der Waals surface area contributed by atoms with Crippen molar-refractivity contribution >= 4 is 29.5 Å². The van der Waals surface area contributed by atoms with Crippen LogP contribution in [0.3, 0.4) is 0 Å². The lowest BCUT2D eigenvalue weighted by atomic mass is 10.1. The summed E-state index contributed by atoms with van der Waals surface area (Å²) in [4.78, 5) is 41.2. The van der Waals surface area contributed by atoms with E-state index in [2.05, 4.69) is 5.32 Å². The monoisotopic (exact) mass is 470 g/mol. The van der Waals surface area contributed by atoms with Crippen molar-refractivity contribution in [3.05, 3.63) is 48.0 Å². The molecular weight excluding hydrogens is 448 g/mol. The summed E-state index contributed by atoms with van der Waals surface area (Å²) in [6.07, 6.45) is 0.357. The molecule has 2 amide bonds. The third-order valence-corrected chi connectivity index (χ3v) is 6.94. The number of carbonyl (C=O) groups is 3. The van der Waals surface area contributed by atoms with Gasteiger partial charge in [-0.1, -0.05) is 23.9 Å². The molecule has 3 heterocycles. The van der Waals surface area contributed by atoms with Crippen LogP contribution < -0.4 is 10.1 Å². The first-order chi connectivity index (χ1) is 16.0. The number of fused-ring (bicyclic) bond motifs is 2. The number of hydrogen-bond donors (Lipinski definition) is 1. The first-order valence-corrected chi connectivity index (χ1v) is 11.3. The Morgan fingerprint density at radius 1 is 1.12 bits per heavy atom. The molecule has 172 valence electrons. The number of nitrogens with zero attached hydrogens (tertiary/aromatic N) is 1. The second-order valence-electron chi connectivity index (χ2n) is 7.77. The molecule has 1 spiro atoms. The van der Waals surface area contributed by atoms with E-state index in [9.17, 15) is 14.4 Å². The van der Waals surface area contributed by atoms with Gasteiger partial charge >= 0.3 is 5.97 Å². The van der Waals surface area contributed by atoms with Crippen LogP contribution in [0.4, 0.5) is 0 Å². The van der Waals surface area contributed by atoms with E-state index < -0.39 is 29.6 Å². The third-order valence-electron chi connectivity index (χ3n) is 5.85. The van der Waals surface area contributed by atoms with E-state index in [-0.39, 0.29) is 13.1 Å². The fourth-order valence-corrected chi connectivity index (χ4v) is 5.26. The average Bonchev–Trinajstić information content (AvgIpc) is 3.47. The van der Waals surface area contributed by atoms with Gasteiger partial charge in [0.05, 0.1) is 36.7 Å². The van der Waals surface area contributed by atoms with Crippen molar-refractivity contribution in [1.82, 2.24) is 10.2 Å². The van der Waals surface area contributed by atoms with Gasteiger partial charge in [0.15, 0.2) is 6.04 Å². The Kier molecular flexibility index (Phi) is 5.73. The van der Waals surface area contributed by atoms with Gasteiger partial charge in [0, 0.05) is 18.5 Å². The smallest absolute Gasteiger partial charge is 0.334 e. The minimum atomic E-state index is -1.18. The summed E-state index contributed by atoms with van der Waals surface area (Å²) >= 11 is 1.52. The Labute approximate surface area is 194 Å². The predicted molar refractivity (Wildman–Crippen MR) is 116 cm³/mol. The highest BCUT2D eigenvalue weighted by molar-refractivity contribution is 7.99. The van der Waals surface area contributed by atoms with Crippen molar-refractivity contribution in [1.29, 1.82) is 0 Å². The molecule has 0 aromatic heterocycles. The quantitative estimate of drug-likeness (QED) is 0.579. The fraction of sp³-hybridized carbons (Fsp3) is 0.348. The number of methoxy groups -OCH3 is 1. The van der Waals surface area contributed by atoms with Crippen LogP contribution in [0.1, 0.15) is 16.8 Å². The minimum Gasteiger partial charge on any atom is -0.467 e. The van der Waals surface area contributed by atoms with Gasteiger partial charge in [-0.3, -0.25) is 9.59 Å². The van der Waals surface area contributed by atoms with Gasteiger partial charge in [-0.05, 0) is 30.3 Å². The molecule has 0 saturated carbocycles. The summed E-state index contributed by atoms with van der Waals surface area (Å²) in [5.41, 5.74) is 0.405. The Morgan fingerprint density at radius 2 is 1.88 bits per heavy atom. The molecule has 2 aromatic carbocycles. The number of carbonyl (C=O) groups excluding carboxylic acids is 3. The van der Waals surface area contributed by atoms with Crippen LogP contribution in [0, 0.1) is 0 Å². The first kappa shape index (κ1) is 21.7. The molecule has 2 fully saturated rings. The summed E-state index contributed by atoms with van der Waals surface area (Å²) in [5.74, 6) is -1.16. The zero-order valence-electron chi connectivity index (χ0n) is 17.9. The normalized spacial score (nSPS) is 20.0. The largest absolute Gasteiger partial charge is 0.467 e. The molecule has 1 atom stereocenters. The minimum absolute atomic E-state index is 0.265. The summed E-state index contributed by atoms with van der Waals surface area (Å²) in [6.45, 7) is 0.681. The van der Waals surface area contributed by atoms with Crippen molar-refractivity contribution in [3.63, 3.8) is 0 Å². The topological polar surface area (TPSA) is 103 Å². The Bertz CT molecular complexity index is 1120. The van der Waals surface area contributed by atoms with Crippen molar-refractivity contribution < 1.29 is 33.3 Å². The fourth-order valence-electron chi connectivity index (χ4n) is 4.27. The molecule has 1 N–H and O–H groups in total. The highest BCUT2D eigenvalue weighted by Gasteiger charge is 2.57. The van der Waals surface area contributed by atoms with E-state index in [1.807, 2.05) is 24.3 Å². The number of amides is 2. The Morgan fingerprint density at radius 3 is 2.67 bits per heavy atom. The van der Waals surface area contributed by atoms with Crippen LogP contribution in [0.15, 0.2) is 52.3 Å². The van der Waals surface area contributed by atoms with Gasteiger partial charge < -0.3 is 29.2 Å². The maximum Gasteiger partial charge on any atom is 0.334 e. The van der Waals surface area contributed by atoms with Gasteiger partial charge in [-0.2, -0.15) is 0 Å². The SMILES string of the molecule is COC(=O)[C@H]1N(C(=O)CNC(=O)c2ccc3c(c2)Sc2ccccc2O3)CCC12OCCO2. The number of ether oxygens (including phenoxy) is 4. The molecule has 2 saturated heterocycles. The number of para-hydroxylation sites is 1. The van der Waals surface area contributed by atoms with Gasteiger partial charge in [-0.25, -0.2) is 4.79 Å². The lowest BCUT2D eigenvalue weighted by Crippen LogP contribution is -2.54. The van der Waals surface area contributed by atoms with Crippen LogP contribution >= 0.6 is 11.8 Å². The third kappa shape index (κ3) is 3.94. The van der Waals surface area contributed by atoms with Crippen LogP contribution in [0.5, 0.6) is 11.5 Å². The van der Waals surface area contributed by atoms with E-state index in [4.69, 9.17) is 18.9 Å². The molecule has 9 nitrogen and oxygen atoms in total. The second kappa shape index (κ2) is 8.69. The number of esters is 1. The number of hydrogen-bond acceptors (Lipinski definition) is 8. The Balaban J connectivity index is 1.25. The average molecular weight is 471 g/mol. The molecule has 5 rings (SSSR count). The highest BCUT2D eigenvalue weighted by atomic mass is 32.2. The second-order valence-corrected chi connectivity index (χ2v) is 8.85. The lowest BCUT2D eigenvalue weighted by molar-refractivity contribution is -0.193. The van der Waals surface area contributed by atoms with E-state index >= 15 is 0 Å². The maximum absolute atomic E-state index is 12.9. The lowest BCUT2D eigenvalue weighted by Gasteiger charge is -2.31. The van der Waals surface area contributed by atoms with Crippen LogP contribution in [0.2, 0.25) is 0 Å². The summed E-state index contributed by atoms with van der Waals surface area (Å²) < 4.78 is 22.1. The van der Waals surface area contributed by atoms with Crippen molar-refractivity contribution in [2.45, 2.75) is 28.0 Å². The molecule has 0 bridgehead atoms. The molecule has 3 aliphatic rings. The number of likely N-dealkylation sites (tertiary alicyclic amines) is 1. The van der Waals surface area contributed by atoms with E-state index in [1.165, 1.54) is 23.8 Å². The first-order valence-electron chi connectivity index (χ1n) is 10.5. The molecular formula is C23H22N2O7S.